The molecule has 2 rings (SSSR count). The zero-order valence-electron chi connectivity index (χ0n) is 11.1. The SMILES string of the molecule is CON(C)C(=O)C1CSC(c2cccc(C)c2O)=N1. The number of hydrogen-bond acceptors (Lipinski definition) is 5. The molecule has 0 saturated heterocycles. The second-order valence-electron chi connectivity index (χ2n) is 4.25. The molecule has 1 aliphatic rings. The van der Waals surface area contributed by atoms with Crippen molar-refractivity contribution in [2.45, 2.75) is 13.0 Å². The van der Waals surface area contributed by atoms with E-state index in [0.717, 1.165) is 5.56 Å². The molecule has 102 valence electrons. The molecule has 1 unspecified atom stereocenters. The summed E-state index contributed by atoms with van der Waals surface area (Å²) in [7, 11) is 3.00. The fourth-order valence-corrected chi connectivity index (χ4v) is 2.83. The van der Waals surface area contributed by atoms with Crippen molar-refractivity contribution in [2.75, 3.05) is 19.9 Å². The van der Waals surface area contributed by atoms with Crippen molar-refractivity contribution < 1.29 is 14.7 Å². The van der Waals surface area contributed by atoms with Gasteiger partial charge in [0.2, 0.25) is 0 Å². The highest BCUT2D eigenvalue weighted by molar-refractivity contribution is 8.14. The Bertz CT molecular complexity index is 531. The van der Waals surface area contributed by atoms with E-state index in [1.54, 1.807) is 13.1 Å². The van der Waals surface area contributed by atoms with E-state index in [9.17, 15) is 9.90 Å². The minimum absolute atomic E-state index is 0.183. The summed E-state index contributed by atoms with van der Waals surface area (Å²) in [6.45, 7) is 1.83. The summed E-state index contributed by atoms with van der Waals surface area (Å²) in [5.74, 6) is 0.606. The van der Waals surface area contributed by atoms with Crippen LogP contribution in [0.15, 0.2) is 23.2 Å². The zero-order valence-corrected chi connectivity index (χ0v) is 11.9. The quantitative estimate of drug-likeness (QED) is 0.854. The van der Waals surface area contributed by atoms with E-state index in [4.69, 9.17) is 4.84 Å². The van der Waals surface area contributed by atoms with Gasteiger partial charge in [0.25, 0.3) is 5.91 Å². The molecule has 0 aliphatic carbocycles. The largest absolute Gasteiger partial charge is 0.507 e. The van der Waals surface area contributed by atoms with Gasteiger partial charge < -0.3 is 5.11 Å². The maximum Gasteiger partial charge on any atom is 0.271 e. The third-order valence-electron chi connectivity index (χ3n) is 2.99. The fourth-order valence-electron chi connectivity index (χ4n) is 1.78. The minimum Gasteiger partial charge on any atom is -0.507 e. The Morgan fingerprint density at radius 2 is 2.32 bits per heavy atom. The smallest absolute Gasteiger partial charge is 0.271 e. The molecule has 0 saturated carbocycles. The van der Waals surface area contributed by atoms with E-state index in [1.165, 1.54) is 23.9 Å². The van der Waals surface area contributed by atoms with Gasteiger partial charge >= 0.3 is 0 Å². The maximum absolute atomic E-state index is 11.9. The van der Waals surface area contributed by atoms with Gasteiger partial charge in [-0.05, 0) is 18.6 Å². The second kappa shape index (κ2) is 5.63. The number of phenols is 1. The van der Waals surface area contributed by atoms with Crippen LogP contribution in [-0.4, -0.2) is 47.1 Å². The average molecular weight is 280 g/mol. The lowest BCUT2D eigenvalue weighted by atomic mass is 10.1. The molecule has 1 amide bonds. The van der Waals surface area contributed by atoms with Crippen LogP contribution in [0.3, 0.4) is 0 Å². The molecule has 0 radical (unpaired) electrons. The number of amides is 1. The minimum atomic E-state index is -0.454. The van der Waals surface area contributed by atoms with E-state index in [2.05, 4.69) is 4.99 Å². The van der Waals surface area contributed by atoms with Gasteiger partial charge in [-0.3, -0.25) is 14.6 Å². The first-order chi connectivity index (χ1) is 9.04. The van der Waals surface area contributed by atoms with E-state index < -0.39 is 6.04 Å². The van der Waals surface area contributed by atoms with Crippen molar-refractivity contribution in [2.24, 2.45) is 4.99 Å². The first-order valence-electron chi connectivity index (χ1n) is 5.85. The van der Waals surface area contributed by atoms with Crippen LogP contribution in [0.25, 0.3) is 0 Å². The topological polar surface area (TPSA) is 62.1 Å². The van der Waals surface area contributed by atoms with E-state index in [-0.39, 0.29) is 11.7 Å². The van der Waals surface area contributed by atoms with Gasteiger partial charge in [-0.25, -0.2) is 5.06 Å². The Morgan fingerprint density at radius 3 is 3.00 bits per heavy atom. The number of nitrogens with zero attached hydrogens (tertiary/aromatic N) is 2. The molecule has 1 heterocycles. The second-order valence-corrected chi connectivity index (χ2v) is 5.26. The number of benzene rings is 1. The summed E-state index contributed by atoms with van der Waals surface area (Å²) in [6, 6.07) is 5.05. The van der Waals surface area contributed by atoms with Crippen LogP contribution in [0.2, 0.25) is 0 Å². The van der Waals surface area contributed by atoms with Crippen molar-refractivity contribution in [3.8, 4) is 5.75 Å². The Balaban J connectivity index is 2.24. The lowest BCUT2D eigenvalue weighted by molar-refractivity contribution is -0.169. The lowest BCUT2D eigenvalue weighted by Gasteiger charge is -2.15. The van der Waals surface area contributed by atoms with E-state index >= 15 is 0 Å². The highest BCUT2D eigenvalue weighted by Crippen LogP contribution is 2.31. The van der Waals surface area contributed by atoms with Crippen LogP contribution in [0.1, 0.15) is 11.1 Å². The van der Waals surface area contributed by atoms with Crippen molar-refractivity contribution in [1.82, 2.24) is 5.06 Å². The van der Waals surface area contributed by atoms with E-state index in [0.29, 0.717) is 16.4 Å². The number of likely N-dealkylation sites (N-methyl/N-ethyl adjacent to an activating group) is 1. The number of rotatable bonds is 3. The first-order valence-corrected chi connectivity index (χ1v) is 6.84. The molecule has 0 spiro atoms. The molecule has 5 nitrogen and oxygen atoms in total. The number of aromatic hydroxyl groups is 1. The number of aliphatic imine (C=N–C) groups is 1. The van der Waals surface area contributed by atoms with E-state index in [1.807, 2.05) is 19.1 Å². The van der Waals surface area contributed by atoms with Gasteiger partial charge in [0.15, 0.2) is 0 Å². The molecule has 0 bridgehead atoms. The maximum atomic E-state index is 11.9. The van der Waals surface area contributed by atoms with Crippen LogP contribution in [0.4, 0.5) is 0 Å². The molecule has 0 fully saturated rings. The van der Waals surface area contributed by atoms with Gasteiger partial charge in [-0.15, -0.1) is 11.8 Å². The first kappa shape index (κ1) is 13.9. The summed E-state index contributed by atoms with van der Waals surface area (Å²) in [5.41, 5.74) is 1.48. The number of hydroxylamine groups is 2. The van der Waals surface area contributed by atoms with Gasteiger partial charge in [0.05, 0.1) is 7.11 Å². The van der Waals surface area contributed by atoms with Crippen molar-refractivity contribution >= 4 is 22.7 Å². The molecular formula is C13H16N2O3S. The number of carbonyl (C=O) groups is 1. The molecule has 1 aromatic rings. The van der Waals surface area contributed by atoms with Crippen molar-refractivity contribution in [3.05, 3.63) is 29.3 Å². The fraction of sp³-hybridized carbons (Fsp3) is 0.385. The molecular weight excluding hydrogens is 264 g/mol. The number of para-hydroxylation sites is 1. The van der Waals surface area contributed by atoms with Gasteiger partial charge in [0, 0.05) is 18.4 Å². The molecule has 1 atom stereocenters. The van der Waals surface area contributed by atoms with Crippen LogP contribution in [-0.2, 0) is 9.63 Å². The van der Waals surface area contributed by atoms with Crippen molar-refractivity contribution in [1.29, 1.82) is 0 Å². The summed E-state index contributed by atoms with van der Waals surface area (Å²) in [6.07, 6.45) is 0. The van der Waals surface area contributed by atoms with Gasteiger partial charge in [-0.1, -0.05) is 12.1 Å². The van der Waals surface area contributed by atoms with Crippen LogP contribution in [0, 0.1) is 6.92 Å². The van der Waals surface area contributed by atoms with Gasteiger partial charge in [-0.2, -0.15) is 0 Å². The van der Waals surface area contributed by atoms with Crippen LogP contribution in [0.5, 0.6) is 5.75 Å². The predicted molar refractivity (Wildman–Crippen MR) is 75.4 cm³/mol. The third kappa shape index (κ3) is 2.74. The molecule has 1 aromatic carbocycles. The number of aryl methyl sites for hydroxylation is 1. The number of carbonyl (C=O) groups excluding carboxylic acids is 1. The summed E-state index contributed by atoms with van der Waals surface area (Å²) < 4.78 is 0. The van der Waals surface area contributed by atoms with Crippen molar-refractivity contribution in [3.63, 3.8) is 0 Å². The monoisotopic (exact) mass is 280 g/mol. The molecule has 6 heteroatoms. The zero-order chi connectivity index (χ0) is 14.0. The normalized spacial score (nSPS) is 18.3. The Morgan fingerprint density at radius 1 is 1.58 bits per heavy atom. The summed E-state index contributed by atoms with van der Waals surface area (Å²) in [5, 5.41) is 11.9. The Kier molecular flexibility index (Phi) is 4.11. The predicted octanol–water partition coefficient (Wildman–Crippen LogP) is 1.58. The summed E-state index contributed by atoms with van der Waals surface area (Å²) in [4.78, 5) is 21.2. The van der Waals surface area contributed by atoms with Crippen LogP contribution >= 0.6 is 11.8 Å². The Hall–Kier alpha value is -1.53. The van der Waals surface area contributed by atoms with Gasteiger partial charge in [0.1, 0.15) is 16.8 Å². The Labute approximate surface area is 116 Å². The molecule has 19 heavy (non-hydrogen) atoms. The molecule has 1 N–H and O–H groups in total. The number of phenolic OH excluding ortho intramolecular Hbond substituents is 1. The highest BCUT2D eigenvalue weighted by atomic mass is 32.2. The third-order valence-corrected chi connectivity index (χ3v) is 4.07. The average Bonchev–Trinajstić information content (AvgIpc) is 2.89. The number of thioether (sulfide) groups is 1. The molecule has 0 aromatic heterocycles. The summed E-state index contributed by atoms with van der Waals surface area (Å²) >= 11 is 1.47. The molecule has 1 aliphatic heterocycles. The highest BCUT2D eigenvalue weighted by Gasteiger charge is 2.29. The lowest BCUT2D eigenvalue weighted by Crippen LogP contribution is -2.34. The standard InChI is InChI=1S/C13H16N2O3S/c1-8-5-4-6-9(11(8)16)12-14-10(7-19-12)13(17)15(2)18-3/h4-6,10,16H,7H2,1-3H3. The number of hydrogen-bond donors (Lipinski definition) is 1. The van der Waals surface area contributed by atoms with Crippen LogP contribution < -0.4 is 0 Å².